The van der Waals surface area contributed by atoms with E-state index < -0.39 is 5.97 Å². The first-order chi connectivity index (χ1) is 15.4. The van der Waals surface area contributed by atoms with E-state index in [9.17, 15) is 14.7 Å². The van der Waals surface area contributed by atoms with E-state index in [1.165, 1.54) is 0 Å². The maximum Gasteiger partial charge on any atom is 0.336 e. The van der Waals surface area contributed by atoms with Gasteiger partial charge < -0.3 is 15.0 Å². The number of carboxylic acids is 1. The SMILES string of the molecule is Cc1ccc(-c2cn([C@@H]3C[C@@]4(C(=O)NCCSc5nccn5C)C[C@@H]34)nn2)c(C(=O)O)c1. The van der Waals surface area contributed by atoms with Gasteiger partial charge in [0.15, 0.2) is 5.16 Å². The van der Waals surface area contributed by atoms with Crippen LogP contribution in [0.15, 0.2) is 41.9 Å². The molecule has 2 aromatic heterocycles. The van der Waals surface area contributed by atoms with E-state index in [2.05, 4.69) is 20.6 Å². The lowest BCUT2D eigenvalue weighted by Gasteiger charge is -2.33. The number of aryl methyl sites for hydroxylation is 2. The molecule has 2 aliphatic rings. The largest absolute Gasteiger partial charge is 0.478 e. The Kier molecular flexibility index (Phi) is 5.04. The smallest absolute Gasteiger partial charge is 0.336 e. The van der Waals surface area contributed by atoms with Gasteiger partial charge in [-0.2, -0.15) is 0 Å². The van der Waals surface area contributed by atoms with Crippen LogP contribution in [0, 0.1) is 18.3 Å². The highest BCUT2D eigenvalue weighted by Crippen LogP contribution is 2.72. The van der Waals surface area contributed by atoms with Crippen LogP contribution in [0.1, 0.15) is 34.8 Å². The van der Waals surface area contributed by atoms with E-state index in [1.54, 1.807) is 41.0 Å². The average molecular weight is 453 g/mol. The summed E-state index contributed by atoms with van der Waals surface area (Å²) in [5, 5.41) is 22.0. The number of rotatable bonds is 8. The minimum absolute atomic E-state index is 0.117. The van der Waals surface area contributed by atoms with Gasteiger partial charge in [-0.15, -0.1) is 5.10 Å². The van der Waals surface area contributed by atoms with Crippen LogP contribution < -0.4 is 5.32 Å². The Morgan fingerprint density at radius 3 is 2.91 bits per heavy atom. The number of aromatic carboxylic acids is 1. The topological polar surface area (TPSA) is 115 Å². The number of nitrogens with zero attached hydrogens (tertiary/aromatic N) is 5. The fourth-order valence-electron chi connectivity index (χ4n) is 4.65. The number of carboxylic acid groups (broad SMARTS) is 1. The molecule has 3 atom stereocenters. The summed E-state index contributed by atoms with van der Waals surface area (Å²) >= 11 is 1.62. The van der Waals surface area contributed by atoms with Crippen molar-refractivity contribution in [2.24, 2.45) is 18.4 Å². The van der Waals surface area contributed by atoms with Crippen LogP contribution in [-0.2, 0) is 11.8 Å². The Balaban J connectivity index is 1.18. The Morgan fingerprint density at radius 2 is 2.19 bits per heavy atom. The lowest BCUT2D eigenvalue weighted by Crippen LogP contribution is -2.42. The van der Waals surface area contributed by atoms with Crippen molar-refractivity contribution in [1.82, 2.24) is 29.9 Å². The lowest BCUT2D eigenvalue weighted by atomic mass is 9.79. The molecule has 5 rings (SSSR count). The maximum absolute atomic E-state index is 12.7. The monoisotopic (exact) mass is 452 g/mol. The van der Waals surface area contributed by atoms with Crippen LogP contribution in [0.5, 0.6) is 0 Å². The molecule has 10 heteroatoms. The predicted molar refractivity (Wildman–Crippen MR) is 118 cm³/mol. The molecule has 2 saturated carbocycles. The van der Waals surface area contributed by atoms with Gasteiger partial charge >= 0.3 is 5.97 Å². The number of benzene rings is 1. The minimum Gasteiger partial charge on any atom is -0.478 e. The molecular weight excluding hydrogens is 428 g/mol. The normalized spacial score (nSPS) is 23.3. The van der Waals surface area contributed by atoms with Gasteiger partial charge in [-0.05, 0) is 31.7 Å². The first-order valence-corrected chi connectivity index (χ1v) is 11.5. The zero-order chi connectivity index (χ0) is 22.5. The molecule has 0 bridgehead atoms. The third-order valence-electron chi connectivity index (χ3n) is 6.55. The summed E-state index contributed by atoms with van der Waals surface area (Å²) in [5.74, 6) is 0.165. The van der Waals surface area contributed by atoms with E-state index >= 15 is 0 Å². The first kappa shape index (κ1) is 20.7. The van der Waals surface area contributed by atoms with E-state index in [-0.39, 0.29) is 28.8 Å². The van der Waals surface area contributed by atoms with E-state index in [4.69, 9.17) is 0 Å². The Labute approximate surface area is 189 Å². The molecule has 2 heterocycles. The molecule has 2 aliphatic carbocycles. The second-order valence-corrected chi connectivity index (χ2v) is 9.66. The van der Waals surface area contributed by atoms with Gasteiger partial charge in [-0.3, -0.25) is 4.79 Å². The van der Waals surface area contributed by atoms with Gasteiger partial charge in [0.05, 0.1) is 23.2 Å². The van der Waals surface area contributed by atoms with Crippen molar-refractivity contribution < 1.29 is 14.7 Å². The van der Waals surface area contributed by atoms with E-state index in [0.29, 0.717) is 17.8 Å². The number of carbonyl (C=O) groups excluding carboxylic acids is 1. The minimum atomic E-state index is -0.985. The number of carbonyl (C=O) groups is 2. The maximum atomic E-state index is 12.7. The molecule has 2 fully saturated rings. The Hall–Kier alpha value is -3.14. The summed E-state index contributed by atoms with van der Waals surface area (Å²) in [6.45, 7) is 2.46. The van der Waals surface area contributed by atoms with Gasteiger partial charge in [0.1, 0.15) is 5.69 Å². The molecule has 2 N–H and O–H groups in total. The Bertz CT molecular complexity index is 1200. The number of thioether (sulfide) groups is 1. The number of aromatic nitrogens is 5. The van der Waals surface area contributed by atoms with Crippen LogP contribution in [0.2, 0.25) is 0 Å². The van der Waals surface area contributed by atoms with E-state index in [1.807, 2.05) is 30.8 Å². The molecule has 0 aliphatic heterocycles. The molecule has 1 amide bonds. The molecule has 3 aromatic rings. The fourth-order valence-corrected chi connectivity index (χ4v) is 5.44. The average Bonchev–Trinajstić information content (AvgIpc) is 3.09. The second kappa shape index (κ2) is 7.77. The molecule has 9 nitrogen and oxygen atoms in total. The third kappa shape index (κ3) is 3.48. The summed E-state index contributed by atoms with van der Waals surface area (Å²) in [4.78, 5) is 28.6. The number of nitrogens with one attached hydrogen (secondary N) is 1. The number of imidazole rings is 1. The van der Waals surface area contributed by atoms with E-state index in [0.717, 1.165) is 29.3 Å². The van der Waals surface area contributed by atoms with Gasteiger partial charge in [0.25, 0.3) is 0 Å². The molecule has 0 spiro atoms. The molecule has 1 aromatic carbocycles. The van der Waals surface area contributed by atoms with Crippen molar-refractivity contribution in [1.29, 1.82) is 0 Å². The Morgan fingerprint density at radius 1 is 1.34 bits per heavy atom. The van der Waals surface area contributed by atoms with Crippen molar-refractivity contribution in [2.75, 3.05) is 12.3 Å². The van der Waals surface area contributed by atoms with Crippen LogP contribution >= 0.6 is 11.8 Å². The summed E-state index contributed by atoms with van der Waals surface area (Å²) in [6, 6.07) is 5.41. The first-order valence-electron chi connectivity index (χ1n) is 10.5. The van der Waals surface area contributed by atoms with Crippen LogP contribution in [-0.4, -0.2) is 53.8 Å². The standard InChI is InChI=1S/C22H24N6O3S/c1-13-3-4-14(15(9-13)19(29)30)17-12-28(26-25-17)18-11-22(10-16(18)22)20(31)23-6-8-32-21-24-5-7-27(21)2/h3-5,7,9,12,16,18H,6,8,10-11H2,1-2H3,(H,23,31)(H,29,30)/t16-,18+,22-/m0/s1. The third-order valence-corrected chi connectivity index (χ3v) is 7.61. The molecule has 166 valence electrons. The zero-order valence-electron chi connectivity index (χ0n) is 17.9. The van der Waals surface area contributed by atoms with Crippen LogP contribution in [0.3, 0.4) is 0 Å². The number of hydrogen-bond donors (Lipinski definition) is 2. The second-order valence-electron chi connectivity index (χ2n) is 8.60. The number of amides is 1. The molecule has 0 radical (unpaired) electrons. The summed E-state index contributed by atoms with van der Waals surface area (Å²) in [5.41, 5.74) is 1.91. The van der Waals surface area contributed by atoms with Crippen molar-refractivity contribution in [2.45, 2.75) is 31.0 Å². The fraction of sp³-hybridized carbons (Fsp3) is 0.409. The van der Waals surface area contributed by atoms with Gasteiger partial charge in [0.2, 0.25) is 5.91 Å². The van der Waals surface area contributed by atoms with Crippen molar-refractivity contribution in [3.05, 3.63) is 47.9 Å². The zero-order valence-corrected chi connectivity index (χ0v) is 18.7. The summed E-state index contributed by atoms with van der Waals surface area (Å²) in [6.07, 6.45) is 7.06. The molecule has 32 heavy (non-hydrogen) atoms. The van der Waals surface area contributed by atoms with Crippen LogP contribution in [0.25, 0.3) is 11.3 Å². The highest BCUT2D eigenvalue weighted by Gasteiger charge is 2.72. The van der Waals surface area contributed by atoms with Gasteiger partial charge in [-0.1, -0.05) is 34.7 Å². The highest BCUT2D eigenvalue weighted by atomic mass is 32.2. The number of hydrogen-bond acceptors (Lipinski definition) is 6. The van der Waals surface area contributed by atoms with Crippen molar-refractivity contribution >= 4 is 23.6 Å². The number of fused-ring (bicyclic) bond motifs is 1. The van der Waals surface area contributed by atoms with Crippen molar-refractivity contribution in [3.63, 3.8) is 0 Å². The quantitative estimate of drug-likeness (QED) is 0.399. The molecule has 0 unspecified atom stereocenters. The highest BCUT2D eigenvalue weighted by molar-refractivity contribution is 7.99. The van der Waals surface area contributed by atoms with Gasteiger partial charge in [0, 0.05) is 37.3 Å². The summed E-state index contributed by atoms with van der Waals surface area (Å²) < 4.78 is 3.75. The predicted octanol–water partition coefficient (Wildman–Crippen LogP) is 2.54. The van der Waals surface area contributed by atoms with Crippen LogP contribution in [0.4, 0.5) is 0 Å². The van der Waals surface area contributed by atoms with Gasteiger partial charge in [-0.25, -0.2) is 14.5 Å². The molecular formula is C22H24N6O3S. The summed E-state index contributed by atoms with van der Waals surface area (Å²) in [7, 11) is 1.95. The van der Waals surface area contributed by atoms with Crippen molar-refractivity contribution in [3.8, 4) is 11.3 Å². The lowest BCUT2D eigenvalue weighted by molar-refractivity contribution is -0.130. The molecule has 0 saturated heterocycles.